The van der Waals surface area contributed by atoms with Gasteiger partial charge < -0.3 is 15.1 Å². The van der Waals surface area contributed by atoms with E-state index >= 15 is 0 Å². The summed E-state index contributed by atoms with van der Waals surface area (Å²) in [6.07, 6.45) is 2.19. The third-order valence-electron chi connectivity index (χ3n) is 3.17. The molecule has 1 atom stereocenters. The molecule has 2 aromatic rings. The summed E-state index contributed by atoms with van der Waals surface area (Å²) in [6, 6.07) is 9.29. The van der Waals surface area contributed by atoms with Crippen LogP contribution in [0.2, 0.25) is 0 Å². The molecule has 0 bridgehead atoms. The van der Waals surface area contributed by atoms with Crippen LogP contribution >= 0.6 is 0 Å². The second-order valence-corrected chi connectivity index (χ2v) is 6.76. The number of rotatable bonds is 6. The molecule has 0 aliphatic heterocycles. The Bertz CT molecular complexity index is 740. The van der Waals surface area contributed by atoms with Gasteiger partial charge in [-0.1, -0.05) is 12.1 Å². The van der Waals surface area contributed by atoms with Crippen LogP contribution in [0.3, 0.4) is 0 Å². The molecular weight excluding hydrogens is 318 g/mol. The minimum Gasteiger partial charge on any atom is -0.469 e. The van der Waals surface area contributed by atoms with Gasteiger partial charge in [0.2, 0.25) is 10.0 Å². The van der Waals surface area contributed by atoms with E-state index < -0.39 is 10.0 Å². The van der Waals surface area contributed by atoms with Crippen LogP contribution in [-0.2, 0) is 23.0 Å². The molecule has 8 heteroatoms. The molecule has 0 aliphatic carbocycles. The van der Waals surface area contributed by atoms with E-state index in [0.717, 1.165) is 11.3 Å². The first-order valence-electron chi connectivity index (χ1n) is 7.03. The van der Waals surface area contributed by atoms with E-state index in [2.05, 4.69) is 10.6 Å². The van der Waals surface area contributed by atoms with Crippen molar-refractivity contribution in [2.45, 2.75) is 30.8 Å². The summed E-state index contributed by atoms with van der Waals surface area (Å²) >= 11 is 0. The third kappa shape index (κ3) is 5.42. The van der Waals surface area contributed by atoms with Crippen molar-refractivity contribution in [3.63, 3.8) is 0 Å². The predicted octanol–water partition coefficient (Wildman–Crippen LogP) is 1.36. The van der Waals surface area contributed by atoms with Crippen LogP contribution in [0.5, 0.6) is 0 Å². The molecule has 2 amide bonds. The smallest absolute Gasteiger partial charge is 0.315 e. The van der Waals surface area contributed by atoms with E-state index in [4.69, 9.17) is 9.56 Å². The van der Waals surface area contributed by atoms with Crippen molar-refractivity contribution in [3.8, 4) is 0 Å². The predicted molar refractivity (Wildman–Crippen MR) is 85.1 cm³/mol. The zero-order valence-corrected chi connectivity index (χ0v) is 13.5. The minimum atomic E-state index is -3.70. The monoisotopic (exact) mass is 337 g/mol. The number of carbonyl (C=O) groups is 1. The number of nitrogens with two attached hydrogens (primary N) is 1. The number of benzene rings is 1. The number of carbonyl (C=O) groups excluding carboxylic acids is 1. The number of sulfonamides is 1. The number of nitrogens with one attached hydrogen (secondary N) is 2. The van der Waals surface area contributed by atoms with Crippen molar-refractivity contribution < 1.29 is 17.6 Å². The Labute approximate surface area is 134 Å². The fourth-order valence-corrected chi connectivity index (χ4v) is 2.55. The lowest BCUT2D eigenvalue weighted by Crippen LogP contribution is -2.41. The van der Waals surface area contributed by atoms with Crippen LogP contribution in [0, 0.1) is 0 Å². The molecule has 1 unspecified atom stereocenters. The van der Waals surface area contributed by atoms with Crippen molar-refractivity contribution in [3.05, 3.63) is 54.0 Å². The molecule has 124 valence electrons. The highest BCUT2D eigenvalue weighted by molar-refractivity contribution is 7.89. The number of primary sulfonamides is 1. The van der Waals surface area contributed by atoms with Gasteiger partial charge >= 0.3 is 6.03 Å². The largest absolute Gasteiger partial charge is 0.469 e. The van der Waals surface area contributed by atoms with Crippen LogP contribution < -0.4 is 15.8 Å². The molecule has 7 nitrogen and oxygen atoms in total. The van der Waals surface area contributed by atoms with Gasteiger partial charge in [0, 0.05) is 19.0 Å². The maximum atomic E-state index is 11.8. The molecule has 1 aromatic carbocycles. The number of hydrogen-bond donors (Lipinski definition) is 3. The molecule has 0 saturated carbocycles. The van der Waals surface area contributed by atoms with E-state index in [1.165, 1.54) is 12.1 Å². The van der Waals surface area contributed by atoms with Gasteiger partial charge in [-0.15, -0.1) is 0 Å². The fourth-order valence-electron chi connectivity index (χ4n) is 2.04. The normalized spacial score (nSPS) is 12.6. The minimum absolute atomic E-state index is 0.0396. The average molecular weight is 337 g/mol. The molecule has 4 N–H and O–H groups in total. The number of furan rings is 1. The molecule has 0 fully saturated rings. The van der Waals surface area contributed by atoms with Crippen molar-refractivity contribution in [1.82, 2.24) is 10.6 Å². The molecule has 1 aromatic heterocycles. The Morgan fingerprint density at radius 3 is 2.52 bits per heavy atom. The van der Waals surface area contributed by atoms with Crippen molar-refractivity contribution in [1.29, 1.82) is 0 Å². The van der Waals surface area contributed by atoms with Gasteiger partial charge in [-0.2, -0.15) is 0 Å². The lowest BCUT2D eigenvalue weighted by atomic mass is 10.2. The van der Waals surface area contributed by atoms with Gasteiger partial charge in [0.1, 0.15) is 5.76 Å². The Balaban J connectivity index is 1.80. The zero-order chi connectivity index (χ0) is 16.9. The molecule has 0 saturated heterocycles. The average Bonchev–Trinajstić information content (AvgIpc) is 2.97. The molecule has 1 heterocycles. The number of urea groups is 1. The second-order valence-electron chi connectivity index (χ2n) is 5.20. The summed E-state index contributed by atoms with van der Waals surface area (Å²) in [5, 5.41) is 10.5. The van der Waals surface area contributed by atoms with Crippen LogP contribution in [0.4, 0.5) is 4.79 Å². The van der Waals surface area contributed by atoms with Gasteiger partial charge in [-0.05, 0) is 36.8 Å². The summed E-state index contributed by atoms with van der Waals surface area (Å²) in [6.45, 7) is 2.16. The van der Waals surface area contributed by atoms with Crippen molar-refractivity contribution in [2.75, 3.05) is 0 Å². The van der Waals surface area contributed by atoms with Crippen LogP contribution in [0.15, 0.2) is 52.0 Å². The Morgan fingerprint density at radius 1 is 1.26 bits per heavy atom. The molecule has 0 aliphatic rings. The Kier molecular flexibility index (Phi) is 5.41. The number of amides is 2. The van der Waals surface area contributed by atoms with E-state index in [1.54, 1.807) is 24.5 Å². The van der Waals surface area contributed by atoms with Gasteiger partial charge in [-0.25, -0.2) is 18.4 Å². The van der Waals surface area contributed by atoms with Gasteiger partial charge in [0.25, 0.3) is 0 Å². The van der Waals surface area contributed by atoms with Crippen LogP contribution in [0.1, 0.15) is 18.2 Å². The summed E-state index contributed by atoms with van der Waals surface area (Å²) in [5.74, 6) is 0.802. The highest BCUT2D eigenvalue weighted by atomic mass is 32.2. The first kappa shape index (κ1) is 17.0. The van der Waals surface area contributed by atoms with Gasteiger partial charge in [0.05, 0.1) is 11.2 Å². The van der Waals surface area contributed by atoms with Crippen LogP contribution in [0.25, 0.3) is 0 Å². The quantitative estimate of drug-likeness (QED) is 0.738. The Hall–Kier alpha value is -2.32. The van der Waals surface area contributed by atoms with Crippen molar-refractivity contribution >= 4 is 16.1 Å². The maximum absolute atomic E-state index is 11.8. The maximum Gasteiger partial charge on any atom is 0.315 e. The molecule has 2 rings (SSSR count). The summed E-state index contributed by atoms with van der Waals surface area (Å²) < 4.78 is 27.5. The Morgan fingerprint density at radius 2 is 1.96 bits per heavy atom. The van der Waals surface area contributed by atoms with E-state index in [1.807, 2.05) is 13.0 Å². The van der Waals surface area contributed by atoms with E-state index in [9.17, 15) is 13.2 Å². The van der Waals surface area contributed by atoms with Crippen molar-refractivity contribution in [2.24, 2.45) is 5.14 Å². The highest BCUT2D eigenvalue weighted by Gasteiger charge is 2.10. The third-order valence-corrected chi connectivity index (χ3v) is 4.10. The lowest BCUT2D eigenvalue weighted by molar-refractivity contribution is 0.237. The topological polar surface area (TPSA) is 114 Å². The highest BCUT2D eigenvalue weighted by Crippen LogP contribution is 2.08. The summed E-state index contributed by atoms with van der Waals surface area (Å²) in [7, 11) is -3.70. The molecular formula is C15H19N3O4S. The molecule has 23 heavy (non-hydrogen) atoms. The number of hydrogen-bond acceptors (Lipinski definition) is 4. The molecule has 0 spiro atoms. The lowest BCUT2D eigenvalue weighted by Gasteiger charge is -2.13. The van der Waals surface area contributed by atoms with Gasteiger partial charge in [-0.3, -0.25) is 0 Å². The van der Waals surface area contributed by atoms with E-state index in [-0.39, 0.29) is 23.5 Å². The zero-order valence-electron chi connectivity index (χ0n) is 12.7. The first-order chi connectivity index (χ1) is 10.8. The SMILES string of the molecule is CC(Cc1ccco1)NC(=O)NCc1ccc(S(N)(=O)=O)cc1. The summed E-state index contributed by atoms with van der Waals surface area (Å²) in [4.78, 5) is 11.9. The van der Waals surface area contributed by atoms with Crippen LogP contribution in [-0.4, -0.2) is 20.5 Å². The fraction of sp³-hybridized carbons (Fsp3) is 0.267. The summed E-state index contributed by atoms with van der Waals surface area (Å²) in [5.41, 5.74) is 0.770. The first-order valence-corrected chi connectivity index (χ1v) is 8.58. The standard InChI is InChI=1S/C15H19N3O4S/c1-11(9-13-3-2-8-22-13)18-15(19)17-10-12-4-6-14(7-5-12)23(16,20)21/h2-8,11H,9-10H2,1H3,(H2,16,20,21)(H2,17,18,19). The van der Waals surface area contributed by atoms with E-state index in [0.29, 0.717) is 6.42 Å². The van der Waals surface area contributed by atoms with Gasteiger partial charge in [0.15, 0.2) is 0 Å². The molecule has 0 radical (unpaired) electrons. The second kappa shape index (κ2) is 7.30.